The van der Waals surface area contributed by atoms with Crippen molar-refractivity contribution in [1.82, 2.24) is 5.32 Å². The van der Waals surface area contributed by atoms with E-state index in [1.54, 1.807) is 18.2 Å². The minimum atomic E-state index is -0.173. The number of halogens is 2. The molecule has 0 fully saturated rings. The summed E-state index contributed by atoms with van der Waals surface area (Å²) in [7, 11) is 1.84. The summed E-state index contributed by atoms with van der Waals surface area (Å²) in [6, 6.07) is 4.95. The summed E-state index contributed by atoms with van der Waals surface area (Å²) in [6.45, 7) is 2.21. The average Bonchev–Trinajstić information content (AvgIpc) is 2.33. The summed E-state index contributed by atoms with van der Waals surface area (Å²) in [5.41, 5.74) is 1.10. The van der Waals surface area contributed by atoms with Crippen LogP contribution < -0.4 is 16.0 Å². The maximum Gasteiger partial charge on any atom is 0.224 e. The second kappa shape index (κ2) is 9.58. The Morgan fingerprint density at radius 3 is 2.55 bits per heavy atom. The molecule has 5 nitrogen and oxygen atoms in total. The Labute approximate surface area is 129 Å². The molecule has 0 aliphatic heterocycles. The SMILES string of the molecule is CNCCCC(=O)Nc1cc(NC(C)=O)ccc1Cl.Cl. The van der Waals surface area contributed by atoms with Crippen LogP contribution in [0.25, 0.3) is 0 Å². The molecular formula is C13H19Cl2N3O2. The lowest BCUT2D eigenvalue weighted by molar-refractivity contribution is -0.116. The monoisotopic (exact) mass is 319 g/mol. The summed E-state index contributed by atoms with van der Waals surface area (Å²) in [5.74, 6) is -0.272. The van der Waals surface area contributed by atoms with Gasteiger partial charge in [0, 0.05) is 19.0 Å². The van der Waals surface area contributed by atoms with Crippen LogP contribution in [0.1, 0.15) is 19.8 Å². The van der Waals surface area contributed by atoms with E-state index < -0.39 is 0 Å². The van der Waals surface area contributed by atoms with E-state index in [4.69, 9.17) is 11.6 Å². The molecule has 7 heteroatoms. The zero-order valence-electron chi connectivity index (χ0n) is 11.5. The molecule has 1 aromatic rings. The van der Waals surface area contributed by atoms with Crippen LogP contribution in [0.4, 0.5) is 11.4 Å². The Morgan fingerprint density at radius 2 is 1.95 bits per heavy atom. The molecule has 3 N–H and O–H groups in total. The van der Waals surface area contributed by atoms with Crippen LogP contribution in [0.3, 0.4) is 0 Å². The lowest BCUT2D eigenvalue weighted by atomic mass is 10.2. The molecule has 0 unspecified atom stereocenters. The van der Waals surface area contributed by atoms with E-state index in [1.807, 2.05) is 7.05 Å². The van der Waals surface area contributed by atoms with Crippen LogP contribution in [0.5, 0.6) is 0 Å². The Kier molecular flexibility index (Phi) is 8.96. The van der Waals surface area contributed by atoms with Gasteiger partial charge in [-0.3, -0.25) is 9.59 Å². The van der Waals surface area contributed by atoms with Crippen molar-refractivity contribution in [3.05, 3.63) is 23.2 Å². The summed E-state index contributed by atoms with van der Waals surface area (Å²) in [6.07, 6.45) is 1.17. The second-order valence-corrected chi connectivity index (χ2v) is 4.54. The summed E-state index contributed by atoms with van der Waals surface area (Å²) in [5, 5.41) is 8.79. The number of carbonyl (C=O) groups is 2. The lowest BCUT2D eigenvalue weighted by Gasteiger charge is -2.10. The first kappa shape index (κ1) is 18.7. The molecule has 0 saturated heterocycles. The minimum Gasteiger partial charge on any atom is -0.326 e. The molecule has 0 radical (unpaired) electrons. The quantitative estimate of drug-likeness (QED) is 0.706. The van der Waals surface area contributed by atoms with E-state index in [1.165, 1.54) is 6.92 Å². The fourth-order valence-electron chi connectivity index (χ4n) is 1.54. The number of hydrogen-bond acceptors (Lipinski definition) is 3. The van der Waals surface area contributed by atoms with Gasteiger partial charge in [-0.25, -0.2) is 0 Å². The molecule has 0 atom stereocenters. The van der Waals surface area contributed by atoms with Gasteiger partial charge < -0.3 is 16.0 Å². The highest BCUT2D eigenvalue weighted by molar-refractivity contribution is 6.33. The third-order valence-electron chi connectivity index (χ3n) is 2.39. The zero-order chi connectivity index (χ0) is 14.3. The number of rotatable bonds is 6. The fourth-order valence-corrected chi connectivity index (χ4v) is 1.71. The third kappa shape index (κ3) is 6.75. The summed E-state index contributed by atoms with van der Waals surface area (Å²) < 4.78 is 0. The first-order chi connectivity index (χ1) is 9.02. The van der Waals surface area contributed by atoms with E-state index in [2.05, 4.69) is 16.0 Å². The molecule has 2 amide bonds. The zero-order valence-corrected chi connectivity index (χ0v) is 13.0. The molecule has 0 heterocycles. The predicted molar refractivity (Wildman–Crippen MR) is 84.8 cm³/mol. The van der Waals surface area contributed by atoms with Crippen molar-refractivity contribution in [2.45, 2.75) is 19.8 Å². The molecule has 112 valence electrons. The Morgan fingerprint density at radius 1 is 1.25 bits per heavy atom. The van der Waals surface area contributed by atoms with Gasteiger partial charge in [0.1, 0.15) is 0 Å². The van der Waals surface area contributed by atoms with Gasteiger partial charge in [0.25, 0.3) is 0 Å². The maximum absolute atomic E-state index is 11.7. The van der Waals surface area contributed by atoms with Crippen LogP contribution in [-0.4, -0.2) is 25.4 Å². The van der Waals surface area contributed by atoms with Gasteiger partial charge in [-0.05, 0) is 38.2 Å². The number of carbonyl (C=O) groups excluding carboxylic acids is 2. The molecule has 0 spiro atoms. The molecule has 0 saturated carbocycles. The molecule has 1 aromatic carbocycles. The average molecular weight is 320 g/mol. The van der Waals surface area contributed by atoms with Gasteiger partial charge in [0.15, 0.2) is 0 Å². The predicted octanol–water partition coefficient (Wildman–Crippen LogP) is 2.66. The van der Waals surface area contributed by atoms with E-state index in [-0.39, 0.29) is 24.2 Å². The van der Waals surface area contributed by atoms with Gasteiger partial charge in [-0.15, -0.1) is 12.4 Å². The van der Waals surface area contributed by atoms with Crippen LogP contribution in [0, 0.1) is 0 Å². The van der Waals surface area contributed by atoms with Gasteiger partial charge in [0.2, 0.25) is 11.8 Å². The fraction of sp³-hybridized carbons (Fsp3) is 0.385. The van der Waals surface area contributed by atoms with Crippen molar-refractivity contribution in [3.8, 4) is 0 Å². The van der Waals surface area contributed by atoms with Crippen molar-refractivity contribution in [3.63, 3.8) is 0 Å². The van der Waals surface area contributed by atoms with E-state index in [9.17, 15) is 9.59 Å². The highest BCUT2D eigenvalue weighted by atomic mass is 35.5. The first-order valence-electron chi connectivity index (χ1n) is 6.04. The van der Waals surface area contributed by atoms with E-state index >= 15 is 0 Å². The number of anilines is 2. The van der Waals surface area contributed by atoms with Crippen LogP contribution >= 0.6 is 24.0 Å². The largest absolute Gasteiger partial charge is 0.326 e. The van der Waals surface area contributed by atoms with Crippen molar-refractivity contribution in [2.75, 3.05) is 24.2 Å². The molecule has 0 aliphatic rings. The number of hydrogen-bond donors (Lipinski definition) is 3. The molecule has 0 aromatic heterocycles. The van der Waals surface area contributed by atoms with Crippen molar-refractivity contribution < 1.29 is 9.59 Å². The number of benzene rings is 1. The first-order valence-corrected chi connectivity index (χ1v) is 6.42. The standard InChI is InChI=1S/C13H18ClN3O2.ClH/c1-9(18)16-10-5-6-11(14)12(8-10)17-13(19)4-3-7-15-2;/h5-6,8,15H,3-4,7H2,1-2H3,(H,16,18)(H,17,19);1H. The second-order valence-electron chi connectivity index (χ2n) is 4.13. The van der Waals surface area contributed by atoms with E-state index in [0.717, 1.165) is 13.0 Å². The highest BCUT2D eigenvalue weighted by Crippen LogP contribution is 2.25. The van der Waals surface area contributed by atoms with Gasteiger partial charge in [-0.2, -0.15) is 0 Å². The Hall–Kier alpha value is -1.30. The smallest absolute Gasteiger partial charge is 0.224 e. The summed E-state index contributed by atoms with van der Waals surface area (Å²) in [4.78, 5) is 22.7. The van der Waals surface area contributed by atoms with Crippen LogP contribution in [0.2, 0.25) is 5.02 Å². The third-order valence-corrected chi connectivity index (χ3v) is 2.72. The maximum atomic E-state index is 11.7. The highest BCUT2D eigenvalue weighted by Gasteiger charge is 2.07. The Bertz CT molecular complexity index is 467. The molecule has 1 rings (SSSR count). The normalized spacial score (nSPS) is 9.55. The molecule has 0 aliphatic carbocycles. The number of nitrogens with one attached hydrogen (secondary N) is 3. The lowest BCUT2D eigenvalue weighted by Crippen LogP contribution is -2.15. The van der Waals surface area contributed by atoms with E-state index in [0.29, 0.717) is 22.8 Å². The molecular weight excluding hydrogens is 301 g/mol. The van der Waals surface area contributed by atoms with Gasteiger partial charge in [-0.1, -0.05) is 11.6 Å². The van der Waals surface area contributed by atoms with Crippen molar-refractivity contribution in [2.24, 2.45) is 0 Å². The molecule has 20 heavy (non-hydrogen) atoms. The van der Waals surface area contributed by atoms with Crippen molar-refractivity contribution in [1.29, 1.82) is 0 Å². The topological polar surface area (TPSA) is 70.2 Å². The molecule has 0 bridgehead atoms. The van der Waals surface area contributed by atoms with Crippen LogP contribution in [-0.2, 0) is 9.59 Å². The number of amides is 2. The minimum absolute atomic E-state index is 0. The Balaban J connectivity index is 0.00000361. The van der Waals surface area contributed by atoms with Crippen LogP contribution in [0.15, 0.2) is 18.2 Å². The van der Waals surface area contributed by atoms with Crippen molar-refractivity contribution >= 4 is 47.2 Å². The summed E-state index contributed by atoms with van der Waals surface area (Å²) >= 11 is 6.00. The van der Waals surface area contributed by atoms with Gasteiger partial charge >= 0.3 is 0 Å². The van der Waals surface area contributed by atoms with Gasteiger partial charge in [0.05, 0.1) is 10.7 Å².